The van der Waals surface area contributed by atoms with Gasteiger partial charge in [-0.15, -0.1) is 0 Å². The highest BCUT2D eigenvalue weighted by molar-refractivity contribution is 6.33. The molecule has 1 unspecified atom stereocenters. The fourth-order valence-electron chi connectivity index (χ4n) is 1.88. The van der Waals surface area contributed by atoms with Crippen molar-refractivity contribution in [3.63, 3.8) is 0 Å². The molecule has 5 nitrogen and oxygen atoms in total. The molecule has 1 aliphatic heterocycles. The summed E-state index contributed by atoms with van der Waals surface area (Å²) in [6, 6.07) is 4.44. The summed E-state index contributed by atoms with van der Waals surface area (Å²) in [7, 11) is 0. The Bertz CT molecular complexity index is 584. The van der Waals surface area contributed by atoms with Gasteiger partial charge >= 0.3 is 0 Å². The summed E-state index contributed by atoms with van der Waals surface area (Å²) in [6.07, 6.45) is -0.251. The molecule has 3 rings (SSSR count). The van der Waals surface area contributed by atoms with Crippen molar-refractivity contribution in [3.05, 3.63) is 34.9 Å². The number of nitrogens with one attached hydrogen (secondary N) is 1. The van der Waals surface area contributed by atoms with E-state index >= 15 is 0 Å². The lowest BCUT2D eigenvalue weighted by Crippen LogP contribution is -2.33. The van der Waals surface area contributed by atoms with Gasteiger partial charge in [-0.05, 0) is 12.1 Å². The summed E-state index contributed by atoms with van der Waals surface area (Å²) in [6.45, 7) is 2.02. The van der Waals surface area contributed by atoms with Crippen LogP contribution in [0.5, 0.6) is 0 Å². The van der Waals surface area contributed by atoms with E-state index < -0.39 is 5.82 Å². The van der Waals surface area contributed by atoms with E-state index in [9.17, 15) is 4.39 Å². The van der Waals surface area contributed by atoms with Crippen LogP contribution in [0.2, 0.25) is 5.02 Å². The van der Waals surface area contributed by atoms with Crippen molar-refractivity contribution in [1.29, 1.82) is 0 Å². The largest absolute Gasteiger partial charge is 0.367 e. The fraction of sp³-hybridized carbons (Fsp3) is 0.333. The molecule has 0 saturated carbocycles. The molecule has 1 fully saturated rings. The van der Waals surface area contributed by atoms with Crippen LogP contribution in [-0.2, 0) is 4.74 Å². The van der Waals surface area contributed by atoms with Crippen molar-refractivity contribution in [2.45, 2.75) is 6.10 Å². The minimum atomic E-state index is -0.519. The molecule has 2 heterocycles. The molecule has 0 radical (unpaired) electrons. The third-order valence-electron chi connectivity index (χ3n) is 2.84. The summed E-state index contributed by atoms with van der Waals surface area (Å²) in [5.74, 6) is 0.103. The minimum absolute atomic E-state index is 0.0274. The van der Waals surface area contributed by atoms with E-state index in [1.807, 2.05) is 0 Å². The summed E-state index contributed by atoms with van der Waals surface area (Å²) in [5, 5.41) is 7.00. The average Bonchev–Trinajstić information content (AvgIpc) is 2.92. The van der Waals surface area contributed by atoms with Crippen LogP contribution >= 0.6 is 11.6 Å². The number of hydrogen-bond acceptors (Lipinski definition) is 5. The molecule has 100 valence electrons. The molecule has 1 atom stereocenters. The van der Waals surface area contributed by atoms with Gasteiger partial charge in [-0.25, -0.2) is 4.39 Å². The molecule has 0 amide bonds. The van der Waals surface area contributed by atoms with E-state index in [1.165, 1.54) is 6.07 Å². The number of hydrogen-bond donors (Lipinski definition) is 1. The summed E-state index contributed by atoms with van der Waals surface area (Å²) in [5.41, 5.74) is 0.379. The second kappa shape index (κ2) is 5.24. The van der Waals surface area contributed by atoms with Crippen molar-refractivity contribution in [3.8, 4) is 11.5 Å². The number of halogens is 2. The topological polar surface area (TPSA) is 60.2 Å². The van der Waals surface area contributed by atoms with Gasteiger partial charge in [0.2, 0.25) is 5.82 Å². The number of benzene rings is 1. The van der Waals surface area contributed by atoms with E-state index in [4.69, 9.17) is 20.9 Å². The molecule has 1 N–H and O–H groups in total. The first-order chi connectivity index (χ1) is 9.25. The van der Waals surface area contributed by atoms with Crippen molar-refractivity contribution in [2.24, 2.45) is 0 Å². The van der Waals surface area contributed by atoms with Gasteiger partial charge in [0.25, 0.3) is 5.89 Å². The number of ether oxygens (including phenoxy) is 1. The van der Waals surface area contributed by atoms with E-state index in [1.54, 1.807) is 12.1 Å². The van der Waals surface area contributed by atoms with Crippen LogP contribution in [0, 0.1) is 5.82 Å². The van der Waals surface area contributed by atoms with Gasteiger partial charge in [-0.3, -0.25) is 0 Å². The van der Waals surface area contributed by atoms with Gasteiger partial charge in [-0.2, -0.15) is 4.98 Å². The van der Waals surface area contributed by atoms with E-state index in [0.717, 1.165) is 6.54 Å². The van der Waals surface area contributed by atoms with Crippen molar-refractivity contribution < 1.29 is 13.7 Å². The minimum Gasteiger partial charge on any atom is -0.367 e. The molecular weight excluding hydrogens is 273 g/mol. The molecule has 1 saturated heterocycles. The quantitative estimate of drug-likeness (QED) is 0.915. The Morgan fingerprint density at radius 2 is 2.32 bits per heavy atom. The van der Waals surface area contributed by atoms with E-state index in [2.05, 4.69) is 15.5 Å². The maximum atomic E-state index is 13.4. The highest BCUT2D eigenvalue weighted by atomic mass is 35.5. The molecule has 0 aliphatic carbocycles. The van der Waals surface area contributed by atoms with Crippen LogP contribution in [0.4, 0.5) is 4.39 Å². The Kier molecular flexibility index (Phi) is 3.46. The third kappa shape index (κ3) is 2.47. The van der Waals surface area contributed by atoms with E-state index in [-0.39, 0.29) is 17.0 Å². The van der Waals surface area contributed by atoms with Gasteiger partial charge < -0.3 is 14.6 Å². The number of rotatable bonds is 2. The highest BCUT2D eigenvalue weighted by Crippen LogP contribution is 2.29. The second-order valence-electron chi connectivity index (χ2n) is 4.12. The number of nitrogens with zero attached hydrogens (tertiary/aromatic N) is 2. The zero-order valence-corrected chi connectivity index (χ0v) is 10.7. The van der Waals surface area contributed by atoms with Crippen molar-refractivity contribution >= 4 is 11.6 Å². The highest BCUT2D eigenvalue weighted by Gasteiger charge is 2.23. The standard InChI is InChI=1S/C12H11ClFN3O2/c13-10-7(2-1-3-8(10)14)12-16-11(17-19-12)9-6-15-4-5-18-9/h1-3,9,15H,4-6H2. The zero-order valence-electron chi connectivity index (χ0n) is 9.90. The molecule has 0 spiro atoms. The first kappa shape index (κ1) is 12.5. The smallest absolute Gasteiger partial charge is 0.259 e. The molecular formula is C12H11ClFN3O2. The van der Waals surface area contributed by atoms with Crippen molar-refractivity contribution in [1.82, 2.24) is 15.5 Å². The van der Waals surface area contributed by atoms with Gasteiger partial charge in [0.15, 0.2) is 0 Å². The van der Waals surface area contributed by atoms with Crippen LogP contribution in [0.15, 0.2) is 22.7 Å². The van der Waals surface area contributed by atoms with Crippen LogP contribution in [0.3, 0.4) is 0 Å². The Hall–Kier alpha value is -1.50. The number of morpholine rings is 1. The molecule has 19 heavy (non-hydrogen) atoms. The molecule has 1 aromatic heterocycles. The molecule has 1 aliphatic rings. The van der Waals surface area contributed by atoms with E-state index in [0.29, 0.717) is 24.5 Å². The lowest BCUT2D eigenvalue weighted by Gasteiger charge is -2.20. The number of aromatic nitrogens is 2. The first-order valence-corrected chi connectivity index (χ1v) is 6.24. The first-order valence-electron chi connectivity index (χ1n) is 5.86. The molecule has 0 bridgehead atoms. The van der Waals surface area contributed by atoms with Crippen LogP contribution in [0.1, 0.15) is 11.9 Å². The lowest BCUT2D eigenvalue weighted by atomic mass is 10.2. The summed E-state index contributed by atoms with van der Waals surface area (Å²) in [4.78, 5) is 4.21. The molecule has 2 aromatic rings. The monoisotopic (exact) mass is 283 g/mol. The Morgan fingerprint density at radius 3 is 3.11 bits per heavy atom. The summed E-state index contributed by atoms with van der Waals surface area (Å²) >= 11 is 5.88. The Balaban J connectivity index is 1.90. The Labute approximate surface area is 113 Å². The summed E-state index contributed by atoms with van der Waals surface area (Å²) < 4.78 is 24.0. The van der Waals surface area contributed by atoms with Crippen molar-refractivity contribution in [2.75, 3.05) is 19.7 Å². The third-order valence-corrected chi connectivity index (χ3v) is 3.22. The maximum Gasteiger partial charge on any atom is 0.259 e. The van der Waals surface area contributed by atoms with Gasteiger partial charge in [0.1, 0.15) is 11.9 Å². The lowest BCUT2D eigenvalue weighted by molar-refractivity contribution is 0.0208. The SMILES string of the molecule is Fc1cccc(-c2nc(C3CNCCO3)no2)c1Cl. The normalized spacial score (nSPS) is 19.6. The molecule has 1 aromatic carbocycles. The zero-order chi connectivity index (χ0) is 13.2. The maximum absolute atomic E-state index is 13.4. The predicted octanol–water partition coefficient (Wildman–Crippen LogP) is 2.19. The Morgan fingerprint density at radius 1 is 1.42 bits per heavy atom. The van der Waals surface area contributed by atoms with Crippen LogP contribution in [-0.4, -0.2) is 29.8 Å². The van der Waals surface area contributed by atoms with Crippen LogP contribution in [0.25, 0.3) is 11.5 Å². The fourth-order valence-corrected chi connectivity index (χ4v) is 2.08. The predicted molar refractivity (Wildman–Crippen MR) is 66.3 cm³/mol. The molecule has 7 heteroatoms. The van der Waals surface area contributed by atoms with Gasteiger partial charge in [-0.1, -0.05) is 22.8 Å². The van der Waals surface area contributed by atoms with Gasteiger partial charge in [0, 0.05) is 13.1 Å². The van der Waals surface area contributed by atoms with Gasteiger partial charge in [0.05, 0.1) is 17.2 Å². The second-order valence-corrected chi connectivity index (χ2v) is 4.50. The van der Waals surface area contributed by atoms with Crippen LogP contribution < -0.4 is 5.32 Å². The average molecular weight is 284 g/mol.